The van der Waals surface area contributed by atoms with E-state index in [9.17, 15) is 13.2 Å². The van der Waals surface area contributed by atoms with Gasteiger partial charge < -0.3 is 5.32 Å². The lowest BCUT2D eigenvalue weighted by Gasteiger charge is -2.34. The van der Waals surface area contributed by atoms with Gasteiger partial charge in [0.2, 0.25) is 10.0 Å². The third-order valence-corrected chi connectivity index (χ3v) is 9.19. The Bertz CT molecular complexity index is 859. The van der Waals surface area contributed by atoms with Crippen LogP contribution in [0, 0.1) is 29.6 Å². The van der Waals surface area contributed by atoms with Crippen LogP contribution in [0.3, 0.4) is 0 Å². The zero-order chi connectivity index (χ0) is 20.8. The zero-order valence-corrected chi connectivity index (χ0v) is 18.6. The normalized spacial score (nSPS) is 33.6. The highest BCUT2D eigenvalue weighted by atomic mass is 32.2. The monoisotopic (exact) mass is 418 g/mol. The van der Waals surface area contributed by atoms with Crippen molar-refractivity contribution in [1.82, 2.24) is 9.62 Å². The maximum atomic E-state index is 13.2. The van der Waals surface area contributed by atoms with Gasteiger partial charge in [-0.25, -0.2) is 8.42 Å². The summed E-state index contributed by atoms with van der Waals surface area (Å²) in [7, 11) is -3.58. The Hall–Kier alpha value is -1.40. The van der Waals surface area contributed by atoms with Crippen LogP contribution in [-0.2, 0) is 10.0 Å². The Balaban J connectivity index is 1.47. The highest BCUT2D eigenvalue weighted by molar-refractivity contribution is 7.89. The first-order valence-corrected chi connectivity index (χ1v) is 12.6. The topological polar surface area (TPSA) is 66.5 Å². The molecule has 2 bridgehead atoms. The van der Waals surface area contributed by atoms with Crippen molar-refractivity contribution in [2.45, 2.75) is 63.8 Å². The number of nitrogens with zero attached hydrogens (tertiary/aromatic N) is 1. The number of carbonyl (C=O) groups is 1. The summed E-state index contributed by atoms with van der Waals surface area (Å²) < 4.78 is 27.9. The molecule has 4 rings (SSSR count). The van der Waals surface area contributed by atoms with Gasteiger partial charge in [0.1, 0.15) is 0 Å². The molecule has 1 amide bonds. The van der Waals surface area contributed by atoms with E-state index in [0.29, 0.717) is 36.4 Å². The quantitative estimate of drug-likeness (QED) is 0.788. The summed E-state index contributed by atoms with van der Waals surface area (Å²) in [5.74, 6) is 2.67. The van der Waals surface area contributed by atoms with Crippen molar-refractivity contribution in [2.75, 3.05) is 13.1 Å². The van der Waals surface area contributed by atoms with Gasteiger partial charge in [-0.1, -0.05) is 26.3 Å². The molecule has 5 nitrogen and oxygen atoms in total. The summed E-state index contributed by atoms with van der Waals surface area (Å²) in [6.07, 6.45) is 6.21. The van der Waals surface area contributed by atoms with E-state index in [4.69, 9.17) is 0 Å². The molecule has 0 aromatic heterocycles. The van der Waals surface area contributed by atoms with Crippen LogP contribution in [0.4, 0.5) is 0 Å². The number of hydrogen-bond donors (Lipinski definition) is 1. The van der Waals surface area contributed by atoms with Crippen molar-refractivity contribution < 1.29 is 13.2 Å². The third kappa shape index (κ3) is 4.24. The SMILES string of the molecule is C[C@@H]1C[C@H](C)CN(S(=O)(=O)c2cccc(C(=O)N[C@H](C)[C@@H]3C[C@H]4CC[C@H]3C4)c2)C1. The lowest BCUT2D eigenvalue weighted by Crippen LogP contribution is -2.42. The molecule has 1 N–H and O–H groups in total. The fourth-order valence-electron chi connectivity index (χ4n) is 6.05. The fourth-order valence-corrected chi connectivity index (χ4v) is 7.78. The van der Waals surface area contributed by atoms with E-state index in [1.165, 1.54) is 25.7 Å². The number of rotatable bonds is 5. The minimum atomic E-state index is -3.58. The van der Waals surface area contributed by atoms with E-state index in [1.807, 2.05) is 0 Å². The first-order valence-electron chi connectivity index (χ1n) is 11.1. The molecule has 6 atom stereocenters. The summed E-state index contributed by atoms with van der Waals surface area (Å²) in [5, 5.41) is 3.15. The van der Waals surface area contributed by atoms with Crippen LogP contribution in [0.5, 0.6) is 0 Å². The van der Waals surface area contributed by atoms with Crippen LogP contribution in [0.1, 0.15) is 63.2 Å². The van der Waals surface area contributed by atoms with Crippen LogP contribution in [0.2, 0.25) is 0 Å². The van der Waals surface area contributed by atoms with Gasteiger partial charge in [-0.3, -0.25) is 4.79 Å². The van der Waals surface area contributed by atoms with Gasteiger partial charge in [0.05, 0.1) is 4.90 Å². The number of benzene rings is 1. The first-order chi connectivity index (χ1) is 13.7. The second-order valence-electron chi connectivity index (χ2n) is 9.90. The molecule has 1 heterocycles. The number of nitrogens with one attached hydrogen (secondary N) is 1. The molecule has 3 aliphatic rings. The average molecular weight is 419 g/mol. The zero-order valence-electron chi connectivity index (χ0n) is 17.8. The standard InChI is InChI=1S/C23H34N2O3S/c1-15-9-16(2)14-25(13-15)29(27,28)21-6-4-5-20(12-21)23(26)24-17(3)22-11-18-7-8-19(22)10-18/h4-6,12,15-19,22H,7-11,13-14H2,1-3H3,(H,24,26)/t15-,16+,17-,18+,19+,22+/m1/s1. The molecule has 2 saturated carbocycles. The summed E-state index contributed by atoms with van der Waals surface area (Å²) in [4.78, 5) is 13.1. The molecule has 6 heteroatoms. The number of fused-ring (bicyclic) bond motifs is 2. The largest absolute Gasteiger partial charge is 0.349 e. The van der Waals surface area contributed by atoms with Gasteiger partial charge in [-0.2, -0.15) is 4.31 Å². The summed E-state index contributed by atoms with van der Waals surface area (Å²) in [6, 6.07) is 6.67. The van der Waals surface area contributed by atoms with Crippen molar-refractivity contribution in [2.24, 2.45) is 29.6 Å². The van der Waals surface area contributed by atoms with Crippen molar-refractivity contribution in [3.05, 3.63) is 29.8 Å². The van der Waals surface area contributed by atoms with Crippen LogP contribution in [-0.4, -0.2) is 37.8 Å². The molecule has 0 spiro atoms. The second-order valence-corrected chi connectivity index (χ2v) is 11.8. The molecule has 0 unspecified atom stereocenters. The number of sulfonamides is 1. The van der Waals surface area contributed by atoms with E-state index in [1.54, 1.807) is 28.6 Å². The van der Waals surface area contributed by atoms with E-state index in [0.717, 1.165) is 18.3 Å². The Morgan fingerprint density at radius 2 is 1.83 bits per heavy atom. The summed E-state index contributed by atoms with van der Waals surface area (Å²) >= 11 is 0. The smallest absolute Gasteiger partial charge is 0.251 e. The number of amides is 1. The van der Waals surface area contributed by atoms with Gasteiger partial charge in [-0.15, -0.1) is 0 Å². The van der Waals surface area contributed by atoms with Crippen molar-refractivity contribution in [3.8, 4) is 0 Å². The molecule has 1 aromatic carbocycles. The van der Waals surface area contributed by atoms with E-state index in [2.05, 4.69) is 26.1 Å². The molecule has 0 radical (unpaired) electrons. The first kappa shape index (κ1) is 20.9. The third-order valence-electron chi connectivity index (χ3n) is 7.36. The number of carbonyl (C=O) groups excluding carboxylic acids is 1. The van der Waals surface area contributed by atoms with Crippen molar-refractivity contribution in [3.63, 3.8) is 0 Å². The van der Waals surface area contributed by atoms with E-state index < -0.39 is 10.0 Å². The molecular weight excluding hydrogens is 384 g/mol. The second kappa shape index (κ2) is 8.03. The maximum absolute atomic E-state index is 13.2. The minimum Gasteiger partial charge on any atom is -0.349 e. The van der Waals surface area contributed by atoms with Crippen molar-refractivity contribution >= 4 is 15.9 Å². The van der Waals surface area contributed by atoms with Crippen LogP contribution >= 0.6 is 0 Å². The van der Waals surface area contributed by atoms with Gasteiger partial charge in [0.15, 0.2) is 0 Å². The average Bonchev–Trinajstić information content (AvgIpc) is 3.31. The molecule has 3 fully saturated rings. The van der Waals surface area contributed by atoms with Crippen LogP contribution in [0.15, 0.2) is 29.2 Å². The minimum absolute atomic E-state index is 0.127. The Morgan fingerprint density at radius 3 is 2.45 bits per heavy atom. The van der Waals surface area contributed by atoms with Gasteiger partial charge in [-0.05, 0) is 80.4 Å². The molecular formula is C23H34N2O3S. The molecule has 2 aliphatic carbocycles. The Kier molecular flexibility index (Phi) is 5.77. The van der Waals surface area contributed by atoms with Gasteiger partial charge >= 0.3 is 0 Å². The van der Waals surface area contributed by atoms with E-state index in [-0.39, 0.29) is 16.8 Å². The maximum Gasteiger partial charge on any atom is 0.251 e. The van der Waals surface area contributed by atoms with Gasteiger partial charge in [0, 0.05) is 24.7 Å². The highest BCUT2D eigenvalue weighted by Gasteiger charge is 2.42. The number of piperidine rings is 1. The van der Waals surface area contributed by atoms with Crippen LogP contribution < -0.4 is 5.32 Å². The van der Waals surface area contributed by atoms with Crippen LogP contribution in [0.25, 0.3) is 0 Å². The fraction of sp³-hybridized carbons (Fsp3) is 0.696. The predicted molar refractivity (Wildman–Crippen MR) is 114 cm³/mol. The predicted octanol–water partition coefficient (Wildman–Crippen LogP) is 3.91. The lowest BCUT2D eigenvalue weighted by atomic mass is 9.84. The molecule has 1 aromatic rings. The highest BCUT2D eigenvalue weighted by Crippen LogP contribution is 2.49. The molecule has 160 valence electrons. The van der Waals surface area contributed by atoms with Gasteiger partial charge in [0.25, 0.3) is 5.91 Å². The Morgan fingerprint density at radius 1 is 1.10 bits per heavy atom. The number of hydrogen-bond acceptors (Lipinski definition) is 3. The van der Waals surface area contributed by atoms with Crippen molar-refractivity contribution in [1.29, 1.82) is 0 Å². The summed E-state index contributed by atoms with van der Waals surface area (Å²) in [6.45, 7) is 7.38. The Labute approximate surface area is 175 Å². The van der Waals surface area contributed by atoms with E-state index >= 15 is 0 Å². The molecule has 1 aliphatic heterocycles. The molecule has 29 heavy (non-hydrogen) atoms. The lowest BCUT2D eigenvalue weighted by molar-refractivity contribution is 0.0915. The molecule has 1 saturated heterocycles. The summed E-state index contributed by atoms with van der Waals surface area (Å²) in [5.41, 5.74) is 0.430.